The standard InChI is InChI=1S/C23H24BrN3O3/c1-2-30-22(28)12-9-19-8-11-20(15-3-6-18(24)7-4-15)27(19)21-10-5-16(23(26)29)13-17(21)14-25/h3-8,10-11,13H,2,9,12,14,25H2,1H3,(H2,26,29). The van der Waals surface area contributed by atoms with Crippen molar-refractivity contribution in [2.45, 2.75) is 26.3 Å². The Morgan fingerprint density at radius 3 is 2.43 bits per heavy atom. The van der Waals surface area contributed by atoms with Gasteiger partial charge in [0.2, 0.25) is 5.91 Å². The summed E-state index contributed by atoms with van der Waals surface area (Å²) in [6.45, 7) is 2.39. The van der Waals surface area contributed by atoms with Gasteiger partial charge < -0.3 is 20.8 Å². The first-order valence-corrected chi connectivity index (χ1v) is 10.5. The average molecular weight is 470 g/mol. The number of aromatic nitrogens is 1. The second kappa shape index (κ2) is 9.73. The van der Waals surface area contributed by atoms with E-state index in [1.165, 1.54) is 0 Å². The van der Waals surface area contributed by atoms with Crippen LogP contribution in [0.25, 0.3) is 16.9 Å². The molecule has 0 saturated carbocycles. The summed E-state index contributed by atoms with van der Waals surface area (Å²) in [6, 6.07) is 17.3. The number of hydrogen-bond donors (Lipinski definition) is 2. The number of ether oxygens (including phenoxy) is 1. The van der Waals surface area contributed by atoms with Crippen molar-refractivity contribution in [1.29, 1.82) is 0 Å². The Morgan fingerprint density at radius 1 is 1.07 bits per heavy atom. The number of halogens is 1. The lowest BCUT2D eigenvalue weighted by molar-refractivity contribution is -0.143. The van der Waals surface area contributed by atoms with Crippen LogP contribution < -0.4 is 11.5 Å². The summed E-state index contributed by atoms with van der Waals surface area (Å²) in [5.74, 6) is -0.738. The number of nitrogens with zero attached hydrogens (tertiary/aromatic N) is 1. The predicted molar refractivity (Wildman–Crippen MR) is 120 cm³/mol. The first-order chi connectivity index (χ1) is 14.4. The zero-order valence-corrected chi connectivity index (χ0v) is 18.3. The number of rotatable bonds is 8. The molecule has 6 nitrogen and oxygen atoms in total. The molecule has 0 unspecified atom stereocenters. The second-order valence-corrected chi connectivity index (χ2v) is 7.68. The van der Waals surface area contributed by atoms with Crippen molar-refractivity contribution in [3.8, 4) is 16.9 Å². The summed E-state index contributed by atoms with van der Waals surface area (Å²) in [7, 11) is 0. The van der Waals surface area contributed by atoms with Crippen molar-refractivity contribution in [1.82, 2.24) is 4.57 Å². The Labute approximate surface area is 184 Å². The largest absolute Gasteiger partial charge is 0.466 e. The lowest BCUT2D eigenvalue weighted by Gasteiger charge is -2.18. The van der Waals surface area contributed by atoms with Gasteiger partial charge in [-0.05, 0) is 66.9 Å². The topological polar surface area (TPSA) is 100 Å². The number of nitrogens with two attached hydrogens (primary N) is 2. The number of esters is 1. The van der Waals surface area contributed by atoms with Crippen molar-refractivity contribution in [3.05, 3.63) is 75.9 Å². The van der Waals surface area contributed by atoms with E-state index in [9.17, 15) is 9.59 Å². The molecular formula is C23H24BrN3O3. The maximum atomic E-state index is 11.9. The van der Waals surface area contributed by atoms with Crippen LogP contribution in [0.3, 0.4) is 0 Å². The number of amides is 1. The highest BCUT2D eigenvalue weighted by atomic mass is 79.9. The summed E-state index contributed by atoms with van der Waals surface area (Å²) < 4.78 is 8.14. The molecule has 30 heavy (non-hydrogen) atoms. The third-order valence-corrected chi connectivity index (χ3v) is 5.35. The monoisotopic (exact) mass is 469 g/mol. The smallest absolute Gasteiger partial charge is 0.306 e. The number of aryl methyl sites for hydroxylation is 1. The molecule has 1 aromatic heterocycles. The van der Waals surface area contributed by atoms with Crippen LogP contribution in [0.5, 0.6) is 0 Å². The molecule has 0 spiro atoms. The lowest BCUT2D eigenvalue weighted by atomic mass is 10.1. The van der Waals surface area contributed by atoms with Crippen LogP contribution >= 0.6 is 15.9 Å². The number of benzene rings is 2. The minimum absolute atomic E-state index is 0.237. The molecule has 0 aliphatic heterocycles. The van der Waals surface area contributed by atoms with Crippen LogP contribution in [0.15, 0.2) is 59.1 Å². The molecule has 0 saturated heterocycles. The summed E-state index contributed by atoms with van der Waals surface area (Å²) in [6.07, 6.45) is 0.784. The van der Waals surface area contributed by atoms with Gasteiger partial charge in [-0.2, -0.15) is 0 Å². The summed E-state index contributed by atoms with van der Waals surface area (Å²) in [5.41, 5.74) is 16.4. The van der Waals surface area contributed by atoms with E-state index in [4.69, 9.17) is 16.2 Å². The van der Waals surface area contributed by atoms with Crippen molar-refractivity contribution in [2.24, 2.45) is 11.5 Å². The van der Waals surface area contributed by atoms with Crippen molar-refractivity contribution < 1.29 is 14.3 Å². The van der Waals surface area contributed by atoms with E-state index in [1.807, 2.05) is 42.5 Å². The first-order valence-electron chi connectivity index (χ1n) is 9.70. The molecule has 0 aliphatic rings. The molecule has 3 aromatic rings. The molecule has 1 amide bonds. The van der Waals surface area contributed by atoms with Crippen molar-refractivity contribution in [3.63, 3.8) is 0 Å². The Hall–Kier alpha value is -2.90. The molecule has 0 radical (unpaired) electrons. The highest BCUT2D eigenvalue weighted by Gasteiger charge is 2.17. The second-order valence-electron chi connectivity index (χ2n) is 6.77. The lowest BCUT2D eigenvalue weighted by Crippen LogP contribution is -2.14. The fourth-order valence-corrected chi connectivity index (χ4v) is 3.65. The van der Waals surface area contributed by atoms with Gasteiger partial charge in [-0.3, -0.25) is 9.59 Å². The van der Waals surface area contributed by atoms with Gasteiger partial charge in [0.15, 0.2) is 0 Å². The van der Waals surface area contributed by atoms with Crippen LogP contribution in [0.4, 0.5) is 0 Å². The van der Waals surface area contributed by atoms with E-state index < -0.39 is 5.91 Å². The van der Waals surface area contributed by atoms with E-state index in [2.05, 4.69) is 20.5 Å². The number of carbonyl (C=O) groups is 2. The van der Waals surface area contributed by atoms with E-state index in [-0.39, 0.29) is 18.9 Å². The van der Waals surface area contributed by atoms with Gasteiger partial charge in [-0.25, -0.2) is 0 Å². The zero-order valence-electron chi connectivity index (χ0n) is 16.7. The summed E-state index contributed by atoms with van der Waals surface area (Å²) in [4.78, 5) is 23.5. The Kier molecular flexibility index (Phi) is 7.07. The van der Waals surface area contributed by atoms with E-state index in [0.717, 1.165) is 32.7 Å². The molecule has 2 aromatic carbocycles. The quantitative estimate of drug-likeness (QED) is 0.487. The summed E-state index contributed by atoms with van der Waals surface area (Å²) in [5, 5.41) is 0. The maximum Gasteiger partial charge on any atom is 0.306 e. The van der Waals surface area contributed by atoms with Crippen LogP contribution in [-0.4, -0.2) is 23.1 Å². The van der Waals surface area contributed by atoms with Gasteiger partial charge in [0.25, 0.3) is 0 Å². The van der Waals surface area contributed by atoms with Gasteiger partial charge in [-0.1, -0.05) is 28.1 Å². The number of carbonyl (C=O) groups excluding carboxylic acids is 2. The maximum absolute atomic E-state index is 11.9. The zero-order chi connectivity index (χ0) is 21.7. The molecule has 156 valence electrons. The minimum atomic E-state index is -0.501. The molecular weight excluding hydrogens is 446 g/mol. The van der Waals surface area contributed by atoms with Gasteiger partial charge in [-0.15, -0.1) is 0 Å². The third-order valence-electron chi connectivity index (χ3n) is 4.82. The fourth-order valence-electron chi connectivity index (χ4n) is 3.39. The highest BCUT2D eigenvalue weighted by Crippen LogP contribution is 2.30. The molecule has 0 bridgehead atoms. The van der Waals surface area contributed by atoms with Crippen LogP contribution in [0, 0.1) is 0 Å². The molecule has 3 rings (SSSR count). The predicted octanol–water partition coefficient (Wildman–Crippen LogP) is 3.96. The number of primary amides is 1. The Balaban J connectivity index is 2.12. The SMILES string of the molecule is CCOC(=O)CCc1ccc(-c2ccc(Br)cc2)n1-c1ccc(C(N)=O)cc1CN. The van der Waals surface area contributed by atoms with Gasteiger partial charge in [0, 0.05) is 22.3 Å². The Morgan fingerprint density at radius 2 is 1.80 bits per heavy atom. The fraction of sp³-hybridized carbons (Fsp3) is 0.217. The van der Waals surface area contributed by atoms with E-state index in [1.54, 1.807) is 19.1 Å². The van der Waals surface area contributed by atoms with Crippen LogP contribution in [0.2, 0.25) is 0 Å². The van der Waals surface area contributed by atoms with Crippen molar-refractivity contribution in [2.75, 3.05) is 6.61 Å². The molecule has 4 N–H and O–H groups in total. The average Bonchev–Trinajstić information content (AvgIpc) is 3.16. The van der Waals surface area contributed by atoms with Crippen LogP contribution in [-0.2, 0) is 22.5 Å². The third kappa shape index (κ3) is 4.80. The van der Waals surface area contributed by atoms with Gasteiger partial charge in [0.1, 0.15) is 0 Å². The molecule has 1 heterocycles. The van der Waals surface area contributed by atoms with E-state index in [0.29, 0.717) is 18.6 Å². The Bertz CT molecular complexity index is 1060. The molecule has 0 aliphatic carbocycles. The van der Waals surface area contributed by atoms with Crippen molar-refractivity contribution >= 4 is 27.8 Å². The first kappa shape index (κ1) is 21.8. The highest BCUT2D eigenvalue weighted by molar-refractivity contribution is 9.10. The number of hydrogen-bond acceptors (Lipinski definition) is 4. The van der Waals surface area contributed by atoms with Crippen LogP contribution in [0.1, 0.15) is 35.0 Å². The molecule has 7 heteroatoms. The van der Waals surface area contributed by atoms with E-state index >= 15 is 0 Å². The normalized spacial score (nSPS) is 10.8. The molecule has 0 atom stereocenters. The van der Waals surface area contributed by atoms with Gasteiger partial charge in [0.05, 0.1) is 24.4 Å². The molecule has 0 fully saturated rings. The van der Waals surface area contributed by atoms with Gasteiger partial charge >= 0.3 is 5.97 Å². The minimum Gasteiger partial charge on any atom is -0.466 e. The summed E-state index contributed by atoms with van der Waals surface area (Å²) >= 11 is 3.47.